The lowest BCUT2D eigenvalue weighted by atomic mass is 10.3. The lowest BCUT2D eigenvalue weighted by Gasteiger charge is -2.16. The van der Waals surface area contributed by atoms with Gasteiger partial charge in [0.15, 0.2) is 0 Å². The maximum atomic E-state index is 5.93. The van der Waals surface area contributed by atoms with Crippen molar-refractivity contribution in [1.82, 2.24) is 24.7 Å². The summed E-state index contributed by atoms with van der Waals surface area (Å²) in [5.41, 5.74) is 1.08. The van der Waals surface area contributed by atoms with Crippen LogP contribution in [0.3, 0.4) is 0 Å². The summed E-state index contributed by atoms with van der Waals surface area (Å²) in [5.74, 6) is 1.03. The molecule has 0 atom stereocenters. The van der Waals surface area contributed by atoms with Gasteiger partial charge in [-0.3, -0.25) is 4.68 Å². The van der Waals surface area contributed by atoms with E-state index in [1.165, 1.54) is 0 Å². The molecule has 20 heavy (non-hydrogen) atoms. The van der Waals surface area contributed by atoms with Gasteiger partial charge in [0.05, 0.1) is 6.20 Å². The van der Waals surface area contributed by atoms with Gasteiger partial charge in [0.1, 0.15) is 0 Å². The van der Waals surface area contributed by atoms with E-state index in [4.69, 9.17) is 11.6 Å². The van der Waals surface area contributed by atoms with Crippen molar-refractivity contribution in [3.8, 4) is 0 Å². The number of aryl methyl sites for hydroxylation is 1. The molecule has 108 valence electrons. The fraction of sp³-hybridized carbons (Fsp3) is 0.500. The highest BCUT2D eigenvalue weighted by atomic mass is 35.5. The molecule has 0 saturated heterocycles. The number of aromatic nitrogens is 5. The third kappa shape index (κ3) is 3.80. The molecule has 2 aromatic heterocycles. The second-order valence-electron chi connectivity index (χ2n) is 4.53. The van der Waals surface area contributed by atoms with Crippen LogP contribution in [-0.2, 0) is 13.6 Å². The minimum atomic E-state index is 0.187. The number of hydrogen-bond donors (Lipinski definition) is 1. The second-order valence-corrected chi connectivity index (χ2v) is 4.87. The van der Waals surface area contributed by atoms with E-state index in [2.05, 4.69) is 32.3 Å². The van der Waals surface area contributed by atoms with Crippen molar-refractivity contribution in [3.63, 3.8) is 0 Å². The van der Waals surface area contributed by atoms with E-state index < -0.39 is 0 Å². The Morgan fingerprint density at radius 3 is 2.80 bits per heavy atom. The second kappa shape index (κ2) is 6.51. The molecule has 0 aliphatic heterocycles. The number of hydrogen-bond acceptors (Lipinski definition) is 6. The Balaban J connectivity index is 2.12. The SMILES string of the molecule is CCCNc1nc(Cl)nc(N(C)Cc2cnn(C)c2)n1. The molecule has 0 unspecified atom stereocenters. The molecule has 0 fully saturated rings. The van der Waals surface area contributed by atoms with Crippen LogP contribution in [0.5, 0.6) is 0 Å². The van der Waals surface area contributed by atoms with Crippen LogP contribution in [-0.4, -0.2) is 38.3 Å². The highest BCUT2D eigenvalue weighted by Crippen LogP contribution is 2.14. The Morgan fingerprint density at radius 1 is 1.35 bits per heavy atom. The molecule has 0 aliphatic carbocycles. The summed E-state index contributed by atoms with van der Waals surface area (Å²) < 4.78 is 1.76. The fourth-order valence-corrected chi connectivity index (χ4v) is 1.88. The molecule has 0 saturated carbocycles. The van der Waals surface area contributed by atoms with E-state index >= 15 is 0 Å². The van der Waals surface area contributed by atoms with Gasteiger partial charge >= 0.3 is 0 Å². The van der Waals surface area contributed by atoms with E-state index in [1.807, 2.05) is 31.4 Å². The Morgan fingerprint density at radius 2 is 2.15 bits per heavy atom. The molecule has 8 heteroatoms. The number of halogens is 1. The van der Waals surface area contributed by atoms with Crippen molar-refractivity contribution in [3.05, 3.63) is 23.2 Å². The molecule has 0 aromatic carbocycles. The van der Waals surface area contributed by atoms with E-state index in [0.29, 0.717) is 18.4 Å². The van der Waals surface area contributed by atoms with Crippen LogP contribution < -0.4 is 10.2 Å². The average molecular weight is 296 g/mol. The molecule has 0 bridgehead atoms. The van der Waals surface area contributed by atoms with Crippen LogP contribution in [0.1, 0.15) is 18.9 Å². The summed E-state index contributed by atoms with van der Waals surface area (Å²) in [7, 11) is 3.79. The predicted octanol–water partition coefficient (Wildman–Crippen LogP) is 1.72. The van der Waals surface area contributed by atoms with Crippen molar-refractivity contribution >= 4 is 23.5 Å². The normalized spacial score (nSPS) is 10.6. The summed E-state index contributed by atoms with van der Waals surface area (Å²) in [4.78, 5) is 14.5. The minimum absolute atomic E-state index is 0.187. The zero-order valence-electron chi connectivity index (χ0n) is 11.8. The van der Waals surface area contributed by atoms with Crippen LogP contribution in [0.4, 0.5) is 11.9 Å². The van der Waals surface area contributed by atoms with Gasteiger partial charge in [-0.05, 0) is 18.0 Å². The van der Waals surface area contributed by atoms with E-state index in [-0.39, 0.29) is 5.28 Å². The molecule has 0 spiro atoms. The molecule has 2 aromatic rings. The number of nitrogens with one attached hydrogen (secondary N) is 1. The number of nitrogens with zero attached hydrogens (tertiary/aromatic N) is 6. The molecule has 7 nitrogen and oxygen atoms in total. The summed E-state index contributed by atoms with van der Waals surface area (Å²) in [6, 6.07) is 0. The highest BCUT2D eigenvalue weighted by molar-refractivity contribution is 6.28. The third-order valence-corrected chi connectivity index (χ3v) is 2.82. The molecule has 2 heterocycles. The molecule has 2 rings (SSSR count). The van der Waals surface area contributed by atoms with Crippen molar-refractivity contribution < 1.29 is 0 Å². The lowest BCUT2D eigenvalue weighted by Crippen LogP contribution is -2.20. The molecule has 0 aliphatic rings. The van der Waals surface area contributed by atoms with Crippen LogP contribution in [0.2, 0.25) is 5.28 Å². The molecule has 0 radical (unpaired) electrons. The molecule has 1 N–H and O–H groups in total. The monoisotopic (exact) mass is 295 g/mol. The Kier molecular flexibility index (Phi) is 4.73. The van der Waals surface area contributed by atoms with Gasteiger partial charge in [0.2, 0.25) is 17.2 Å². The molecular formula is C12H18ClN7. The Bertz CT molecular complexity index is 569. The average Bonchev–Trinajstić information content (AvgIpc) is 2.81. The fourth-order valence-electron chi connectivity index (χ4n) is 1.72. The van der Waals surface area contributed by atoms with E-state index in [9.17, 15) is 0 Å². The van der Waals surface area contributed by atoms with Crippen LogP contribution in [0.15, 0.2) is 12.4 Å². The van der Waals surface area contributed by atoms with E-state index in [1.54, 1.807) is 4.68 Å². The summed E-state index contributed by atoms with van der Waals surface area (Å²) in [6.45, 7) is 3.53. The van der Waals surface area contributed by atoms with Crippen molar-refractivity contribution in [2.45, 2.75) is 19.9 Å². The van der Waals surface area contributed by atoms with Gasteiger partial charge in [0, 0.05) is 38.9 Å². The van der Waals surface area contributed by atoms with Crippen molar-refractivity contribution in [1.29, 1.82) is 0 Å². The number of anilines is 2. The Labute approximate surface area is 123 Å². The first-order valence-electron chi connectivity index (χ1n) is 6.42. The first-order chi connectivity index (χ1) is 9.58. The summed E-state index contributed by atoms with van der Waals surface area (Å²) in [6.07, 6.45) is 4.76. The topological polar surface area (TPSA) is 71.8 Å². The molecular weight excluding hydrogens is 278 g/mol. The summed E-state index contributed by atoms with van der Waals surface area (Å²) in [5, 5.41) is 7.43. The largest absolute Gasteiger partial charge is 0.354 e. The minimum Gasteiger partial charge on any atom is -0.354 e. The van der Waals surface area contributed by atoms with Gasteiger partial charge in [0.25, 0.3) is 0 Å². The smallest absolute Gasteiger partial charge is 0.231 e. The van der Waals surface area contributed by atoms with Crippen molar-refractivity contribution in [2.24, 2.45) is 7.05 Å². The third-order valence-electron chi connectivity index (χ3n) is 2.65. The Hall–Kier alpha value is -1.89. The lowest BCUT2D eigenvalue weighted by molar-refractivity contribution is 0.766. The van der Waals surface area contributed by atoms with Crippen LogP contribution >= 0.6 is 11.6 Å². The predicted molar refractivity (Wildman–Crippen MR) is 78.9 cm³/mol. The zero-order valence-corrected chi connectivity index (χ0v) is 12.6. The first-order valence-corrected chi connectivity index (χ1v) is 6.80. The standard InChI is InChI=1S/C12H18ClN7/c1-4-5-14-11-16-10(13)17-12(18-11)19(2)7-9-6-15-20(3)8-9/h6,8H,4-5,7H2,1-3H3,(H,14,16,17,18). The van der Waals surface area contributed by atoms with Crippen LogP contribution in [0.25, 0.3) is 0 Å². The summed E-state index contributed by atoms with van der Waals surface area (Å²) >= 11 is 5.93. The van der Waals surface area contributed by atoms with Gasteiger partial charge in [-0.2, -0.15) is 20.1 Å². The number of rotatable bonds is 6. The maximum absolute atomic E-state index is 5.93. The van der Waals surface area contributed by atoms with Gasteiger partial charge < -0.3 is 10.2 Å². The van der Waals surface area contributed by atoms with Gasteiger partial charge in [-0.25, -0.2) is 0 Å². The molecule has 0 amide bonds. The quantitative estimate of drug-likeness (QED) is 0.875. The van der Waals surface area contributed by atoms with Gasteiger partial charge in [-0.1, -0.05) is 6.92 Å². The van der Waals surface area contributed by atoms with E-state index in [0.717, 1.165) is 18.5 Å². The first kappa shape index (κ1) is 14.5. The zero-order chi connectivity index (χ0) is 14.5. The van der Waals surface area contributed by atoms with Gasteiger partial charge in [-0.15, -0.1) is 0 Å². The van der Waals surface area contributed by atoms with Crippen molar-refractivity contribution in [2.75, 3.05) is 23.8 Å². The maximum Gasteiger partial charge on any atom is 0.231 e. The highest BCUT2D eigenvalue weighted by Gasteiger charge is 2.10. The van der Waals surface area contributed by atoms with Crippen LogP contribution in [0, 0.1) is 0 Å².